The SMILES string of the molecule is Cl.NCc1cn2cnnc2c(-c2ccc(C(F)(F)F)cc2)n1. The van der Waals surface area contributed by atoms with Crippen molar-refractivity contribution >= 4 is 18.1 Å². The zero-order valence-corrected chi connectivity index (χ0v) is 11.9. The van der Waals surface area contributed by atoms with Gasteiger partial charge in [-0.3, -0.25) is 4.40 Å². The van der Waals surface area contributed by atoms with Gasteiger partial charge in [0.15, 0.2) is 5.65 Å². The number of fused-ring (bicyclic) bond motifs is 1. The second-order valence-electron chi connectivity index (χ2n) is 4.42. The van der Waals surface area contributed by atoms with Crippen LogP contribution in [0.2, 0.25) is 0 Å². The van der Waals surface area contributed by atoms with Crippen molar-refractivity contribution in [3.63, 3.8) is 0 Å². The van der Waals surface area contributed by atoms with E-state index < -0.39 is 11.7 Å². The quantitative estimate of drug-likeness (QED) is 0.785. The molecule has 0 fully saturated rings. The van der Waals surface area contributed by atoms with Crippen molar-refractivity contribution in [2.24, 2.45) is 5.73 Å². The van der Waals surface area contributed by atoms with Gasteiger partial charge in [-0.1, -0.05) is 12.1 Å². The average molecular weight is 330 g/mol. The summed E-state index contributed by atoms with van der Waals surface area (Å²) < 4.78 is 39.4. The van der Waals surface area contributed by atoms with E-state index in [1.807, 2.05) is 0 Å². The van der Waals surface area contributed by atoms with Crippen molar-refractivity contribution in [1.82, 2.24) is 19.6 Å². The van der Waals surface area contributed by atoms with Crippen LogP contribution in [-0.4, -0.2) is 19.6 Å². The first-order valence-electron chi connectivity index (χ1n) is 6.06. The van der Waals surface area contributed by atoms with Gasteiger partial charge in [-0.25, -0.2) is 4.98 Å². The summed E-state index contributed by atoms with van der Waals surface area (Å²) in [6.45, 7) is 0.210. The number of benzene rings is 1. The fourth-order valence-corrected chi connectivity index (χ4v) is 2.00. The standard InChI is InChI=1S/C13H10F3N5.ClH/c14-13(15,16)9-3-1-8(2-4-9)11-12-20-18-7-21(12)6-10(5-17)19-11;/h1-4,6-7H,5,17H2;1H. The number of hydrogen-bond donors (Lipinski definition) is 1. The van der Waals surface area contributed by atoms with E-state index >= 15 is 0 Å². The molecule has 0 atom stereocenters. The molecule has 2 N–H and O–H groups in total. The summed E-state index contributed by atoms with van der Waals surface area (Å²) in [5.41, 5.74) is 6.89. The van der Waals surface area contributed by atoms with E-state index in [0.717, 1.165) is 12.1 Å². The van der Waals surface area contributed by atoms with Gasteiger partial charge in [0.25, 0.3) is 0 Å². The van der Waals surface area contributed by atoms with Crippen LogP contribution < -0.4 is 5.73 Å². The molecule has 2 heterocycles. The normalized spacial score (nSPS) is 11.5. The molecule has 5 nitrogen and oxygen atoms in total. The second kappa shape index (κ2) is 5.90. The van der Waals surface area contributed by atoms with Gasteiger partial charge in [-0.2, -0.15) is 13.2 Å². The molecule has 2 aromatic heterocycles. The van der Waals surface area contributed by atoms with Crippen LogP contribution >= 0.6 is 12.4 Å². The van der Waals surface area contributed by atoms with Gasteiger partial charge in [-0.05, 0) is 12.1 Å². The Kier molecular flexibility index (Phi) is 4.34. The highest BCUT2D eigenvalue weighted by Crippen LogP contribution is 2.31. The smallest absolute Gasteiger partial charge is 0.325 e. The monoisotopic (exact) mass is 329 g/mol. The lowest BCUT2D eigenvalue weighted by molar-refractivity contribution is -0.137. The molecule has 0 aliphatic rings. The lowest BCUT2D eigenvalue weighted by Gasteiger charge is -2.09. The molecule has 0 saturated carbocycles. The third kappa shape index (κ3) is 2.88. The minimum Gasteiger partial charge on any atom is -0.325 e. The maximum atomic E-state index is 12.6. The summed E-state index contributed by atoms with van der Waals surface area (Å²) in [5.74, 6) is 0. The largest absolute Gasteiger partial charge is 0.416 e. The molecule has 0 spiro atoms. The Hall–Kier alpha value is -2.19. The molecule has 0 amide bonds. The average Bonchev–Trinajstić information content (AvgIpc) is 2.93. The third-order valence-corrected chi connectivity index (χ3v) is 3.02. The van der Waals surface area contributed by atoms with Crippen molar-refractivity contribution in [1.29, 1.82) is 0 Å². The lowest BCUT2D eigenvalue weighted by Crippen LogP contribution is -2.05. The molecule has 0 aliphatic heterocycles. The minimum atomic E-state index is -4.37. The number of aromatic nitrogens is 4. The molecule has 0 aliphatic carbocycles. The van der Waals surface area contributed by atoms with Gasteiger partial charge >= 0.3 is 6.18 Å². The van der Waals surface area contributed by atoms with E-state index in [4.69, 9.17) is 5.73 Å². The Balaban J connectivity index is 0.00000176. The van der Waals surface area contributed by atoms with Gasteiger partial charge < -0.3 is 5.73 Å². The lowest BCUT2D eigenvalue weighted by atomic mass is 10.1. The minimum absolute atomic E-state index is 0. The predicted molar refractivity (Wildman–Crippen MR) is 76.4 cm³/mol. The number of halogens is 4. The van der Waals surface area contributed by atoms with Crippen LogP contribution in [0.5, 0.6) is 0 Å². The van der Waals surface area contributed by atoms with Crippen molar-refractivity contribution in [2.75, 3.05) is 0 Å². The van der Waals surface area contributed by atoms with E-state index in [1.54, 1.807) is 10.6 Å². The Bertz CT molecular complexity index is 782. The highest BCUT2D eigenvalue weighted by atomic mass is 35.5. The van der Waals surface area contributed by atoms with Gasteiger partial charge in [0.1, 0.15) is 12.0 Å². The second-order valence-corrected chi connectivity index (χ2v) is 4.42. The Morgan fingerprint density at radius 2 is 1.82 bits per heavy atom. The molecule has 0 bridgehead atoms. The van der Waals surface area contributed by atoms with Crippen molar-refractivity contribution in [2.45, 2.75) is 12.7 Å². The zero-order valence-electron chi connectivity index (χ0n) is 11.1. The van der Waals surface area contributed by atoms with Crippen LogP contribution in [0.1, 0.15) is 11.3 Å². The number of rotatable bonds is 2. The van der Waals surface area contributed by atoms with E-state index in [1.165, 1.54) is 18.5 Å². The van der Waals surface area contributed by atoms with E-state index in [0.29, 0.717) is 22.6 Å². The van der Waals surface area contributed by atoms with Gasteiger partial charge in [0, 0.05) is 18.3 Å². The molecular formula is C13H11ClF3N5. The first-order chi connectivity index (χ1) is 9.99. The van der Waals surface area contributed by atoms with Gasteiger partial charge in [0.05, 0.1) is 11.3 Å². The highest BCUT2D eigenvalue weighted by molar-refractivity contribution is 5.85. The van der Waals surface area contributed by atoms with Gasteiger partial charge in [-0.15, -0.1) is 22.6 Å². The van der Waals surface area contributed by atoms with E-state index in [9.17, 15) is 13.2 Å². The molecule has 0 unspecified atom stereocenters. The van der Waals surface area contributed by atoms with Crippen molar-refractivity contribution in [3.8, 4) is 11.3 Å². The molecule has 0 saturated heterocycles. The zero-order chi connectivity index (χ0) is 15.0. The predicted octanol–water partition coefficient (Wildman–Crippen LogP) is 2.69. The van der Waals surface area contributed by atoms with Crippen LogP contribution in [0.25, 0.3) is 16.9 Å². The summed E-state index contributed by atoms with van der Waals surface area (Å²) >= 11 is 0. The molecule has 116 valence electrons. The molecule has 0 radical (unpaired) electrons. The molecule has 9 heteroatoms. The topological polar surface area (TPSA) is 69.1 Å². The van der Waals surface area contributed by atoms with Crippen molar-refractivity contribution < 1.29 is 13.2 Å². The summed E-state index contributed by atoms with van der Waals surface area (Å²) in [4.78, 5) is 4.32. The van der Waals surface area contributed by atoms with Crippen LogP contribution in [0.15, 0.2) is 36.8 Å². The summed E-state index contributed by atoms with van der Waals surface area (Å²) in [5, 5.41) is 7.70. The summed E-state index contributed by atoms with van der Waals surface area (Å²) in [6, 6.07) is 4.75. The first-order valence-corrected chi connectivity index (χ1v) is 6.06. The molecular weight excluding hydrogens is 319 g/mol. The number of nitrogens with two attached hydrogens (primary N) is 1. The Labute approximate surface area is 129 Å². The molecule has 22 heavy (non-hydrogen) atoms. The number of alkyl halides is 3. The molecule has 3 aromatic rings. The Morgan fingerprint density at radius 3 is 2.41 bits per heavy atom. The third-order valence-electron chi connectivity index (χ3n) is 3.02. The number of nitrogens with zero attached hydrogens (tertiary/aromatic N) is 4. The van der Waals surface area contributed by atoms with Gasteiger partial charge in [0.2, 0.25) is 0 Å². The fraction of sp³-hybridized carbons (Fsp3) is 0.154. The molecule has 3 rings (SSSR count). The van der Waals surface area contributed by atoms with Crippen LogP contribution in [0.4, 0.5) is 13.2 Å². The molecule has 1 aromatic carbocycles. The van der Waals surface area contributed by atoms with Crippen LogP contribution in [-0.2, 0) is 12.7 Å². The maximum Gasteiger partial charge on any atom is 0.416 e. The van der Waals surface area contributed by atoms with E-state index in [-0.39, 0.29) is 19.0 Å². The Morgan fingerprint density at radius 1 is 1.14 bits per heavy atom. The summed E-state index contributed by atoms with van der Waals surface area (Å²) in [7, 11) is 0. The van der Waals surface area contributed by atoms with Crippen LogP contribution in [0, 0.1) is 0 Å². The highest BCUT2D eigenvalue weighted by Gasteiger charge is 2.30. The fourth-order valence-electron chi connectivity index (χ4n) is 2.00. The van der Waals surface area contributed by atoms with E-state index in [2.05, 4.69) is 15.2 Å². The van der Waals surface area contributed by atoms with Crippen LogP contribution in [0.3, 0.4) is 0 Å². The maximum absolute atomic E-state index is 12.6. The summed E-state index contributed by atoms with van der Waals surface area (Å²) in [6.07, 6.45) is -1.19. The number of hydrogen-bond acceptors (Lipinski definition) is 4. The van der Waals surface area contributed by atoms with Crippen molar-refractivity contribution in [3.05, 3.63) is 48.0 Å². The first kappa shape index (κ1) is 16.2.